The summed E-state index contributed by atoms with van der Waals surface area (Å²) in [5, 5.41) is 6.65. The third kappa shape index (κ3) is 4.94. The molecular formula is C51H30N4O2. The van der Waals surface area contributed by atoms with Gasteiger partial charge in [0.15, 0.2) is 11.6 Å². The van der Waals surface area contributed by atoms with E-state index in [0.717, 1.165) is 99.1 Å². The van der Waals surface area contributed by atoms with Gasteiger partial charge in [-0.3, -0.25) is 4.57 Å². The van der Waals surface area contributed by atoms with Crippen molar-refractivity contribution in [2.75, 3.05) is 0 Å². The molecule has 0 saturated heterocycles. The molecule has 0 bridgehead atoms. The summed E-state index contributed by atoms with van der Waals surface area (Å²) in [7, 11) is 0. The monoisotopic (exact) mass is 730 g/mol. The van der Waals surface area contributed by atoms with E-state index in [2.05, 4.69) is 138 Å². The summed E-state index contributed by atoms with van der Waals surface area (Å²) < 4.78 is 15.0. The molecule has 0 aliphatic carbocycles. The number of hydrogen-bond donors (Lipinski definition) is 0. The van der Waals surface area contributed by atoms with Crippen molar-refractivity contribution in [1.82, 2.24) is 19.5 Å². The zero-order chi connectivity index (χ0) is 37.5. The number of benzene rings is 8. The zero-order valence-corrected chi connectivity index (χ0v) is 30.4. The number of rotatable bonds is 5. The number of hydrogen-bond acceptors (Lipinski definition) is 5. The van der Waals surface area contributed by atoms with Crippen molar-refractivity contribution < 1.29 is 8.83 Å². The first kappa shape index (κ1) is 31.5. The van der Waals surface area contributed by atoms with Gasteiger partial charge in [0, 0.05) is 49.0 Å². The van der Waals surface area contributed by atoms with Crippen LogP contribution in [0.1, 0.15) is 0 Å². The fourth-order valence-electron chi connectivity index (χ4n) is 8.46. The van der Waals surface area contributed by atoms with Crippen LogP contribution in [0.15, 0.2) is 191 Å². The number of furan rings is 2. The van der Waals surface area contributed by atoms with E-state index in [-0.39, 0.29) is 0 Å². The van der Waals surface area contributed by atoms with Crippen LogP contribution >= 0.6 is 0 Å². The van der Waals surface area contributed by atoms with Crippen molar-refractivity contribution in [3.05, 3.63) is 182 Å². The maximum Gasteiger partial charge on any atom is 0.238 e. The molecule has 0 N–H and O–H groups in total. The third-order valence-corrected chi connectivity index (χ3v) is 11.1. The van der Waals surface area contributed by atoms with Crippen molar-refractivity contribution in [1.29, 1.82) is 0 Å². The molecule has 0 fully saturated rings. The normalized spacial score (nSPS) is 11.9. The minimum atomic E-state index is 0.573. The van der Waals surface area contributed by atoms with Crippen LogP contribution in [0.2, 0.25) is 0 Å². The molecular weight excluding hydrogens is 701 g/mol. The minimum absolute atomic E-state index is 0.573. The fourth-order valence-corrected chi connectivity index (χ4v) is 8.46. The van der Waals surface area contributed by atoms with E-state index in [9.17, 15) is 0 Å². The average Bonchev–Trinajstić information content (AvgIpc) is 3.96. The Morgan fingerprint density at radius 1 is 0.351 bits per heavy atom. The van der Waals surface area contributed by atoms with Gasteiger partial charge in [0.05, 0.1) is 11.0 Å². The quantitative estimate of drug-likeness (QED) is 0.176. The van der Waals surface area contributed by atoms with Crippen molar-refractivity contribution in [2.45, 2.75) is 0 Å². The van der Waals surface area contributed by atoms with Crippen LogP contribution in [-0.2, 0) is 0 Å². The first-order chi connectivity index (χ1) is 28.2. The van der Waals surface area contributed by atoms with E-state index in [1.807, 2.05) is 48.5 Å². The Kier molecular flexibility index (Phi) is 6.83. The molecule has 0 amide bonds. The van der Waals surface area contributed by atoms with Crippen LogP contribution < -0.4 is 0 Å². The molecule has 266 valence electrons. The van der Waals surface area contributed by atoms with Gasteiger partial charge in [0.2, 0.25) is 5.95 Å². The minimum Gasteiger partial charge on any atom is -0.456 e. The number of fused-ring (bicyclic) bond motifs is 9. The van der Waals surface area contributed by atoms with Crippen molar-refractivity contribution in [3.8, 4) is 51.0 Å². The molecule has 6 heteroatoms. The maximum atomic E-state index is 6.45. The van der Waals surface area contributed by atoms with Gasteiger partial charge >= 0.3 is 0 Å². The first-order valence-electron chi connectivity index (χ1n) is 19.0. The van der Waals surface area contributed by atoms with E-state index in [0.29, 0.717) is 17.6 Å². The molecule has 4 aromatic heterocycles. The predicted molar refractivity (Wildman–Crippen MR) is 230 cm³/mol. The van der Waals surface area contributed by atoms with E-state index in [1.54, 1.807) is 0 Å². The highest BCUT2D eigenvalue weighted by Crippen LogP contribution is 2.41. The Morgan fingerprint density at radius 3 is 1.68 bits per heavy atom. The average molecular weight is 731 g/mol. The highest BCUT2D eigenvalue weighted by Gasteiger charge is 2.19. The summed E-state index contributed by atoms with van der Waals surface area (Å²) in [6.07, 6.45) is 0. The first-order valence-corrected chi connectivity index (χ1v) is 19.0. The van der Waals surface area contributed by atoms with E-state index < -0.39 is 0 Å². The van der Waals surface area contributed by atoms with Crippen molar-refractivity contribution in [2.24, 2.45) is 0 Å². The second-order valence-corrected chi connectivity index (χ2v) is 14.4. The Morgan fingerprint density at radius 2 is 0.912 bits per heavy atom. The lowest BCUT2D eigenvalue weighted by atomic mass is 9.96. The Labute approximate surface area is 325 Å². The summed E-state index contributed by atoms with van der Waals surface area (Å²) in [6.45, 7) is 0. The van der Waals surface area contributed by atoms with Gasteiger partial charge in [-0.05, 0) is 53.1 Å². The summed E-state index contributed by atoms with van der Waals surface area (Å²) in [6, 6.07) is 62.6. The summed E-state index contributed by atoms with van der Waals surface area (Å²) in [5.41, 5.74) is 11.6. The van der Waals surface area contributed by atoms with Crippen LogP contribution in [0.4, 0.5) is 0 Å². The fraction of sp³-hybridized carbons (Fsp3) is 0. The maximum absolute atomic E-state index is 6.45. The van der Waals surface area contributed by atoms with Crippen LogP contribution in [0.3, 0.4) is 0 Å². The molecule has 8 aromatic carbocycles. The molecule has 0 saturated carbocycles. The Hall–Kier alpha value is -7.83. The van der Waals surface area contributed by atoms with Gasteiger partial charge in [-0.25, -0.2) is 4.98 Å². The molecule has 4 heterocycles. The molecule has 57 heavy (non-hydrogen) atoms. The van der Waals surface area contributed by atoms with Crippen LogP contribution in [0, 0.1) is 0 Å². The highest BCUT2D eigenvalue weighted by molar-refractivity contribution is 6.15. The van der Waals surface area contributed by atoms with E-state index in [1.165, 1.54) is 0 Å². The lowest BCUT2D eigenvalue weighted by Gasteiger charge is -2.11. The summed E-state index contributed by atoms with van der Waals surface area (Å²) >= 11 is 0. The third-order valence-electron chi connectivity index (χ3n) is 11.1. The molecule has 0 radical (unpaired) electrons. The topological polar surface area (TPSA) is 69.9 Å². The molecule has 12 rings (SSSR count). The summed E-state index contributed by atoms with van der Waals surface area (Å²) in [4.78, 5) is 15.3. The van der Waals surface area contributed by atoms with Crippen LogP contribution in [-0.4, -0.2) is 19.5 Å². The molecule has 0 unspecified atom stereocenters. The van der Waals surface area contributed by atoms with Crippen molar-refractivity contribution >= 4 is 65.7 Å². The van der Waals surface area contributed by atoms with Crippen molar-refractivity contribution in [3.63, 3.8) is 0 Å². The van der Waals surface area contributed by atoms with E-state index >= 15 is 0 Å². The van der Waals surface area contributed by atoms with Gasteiger partial charge in [0.25, 0.3) is 0 Å². The smallest absolute Gasteiger partial charge is 0.238 e. The highest BCUT2D eigenvalue weighted by atomic mass is 16.3. The standard InChI is InChI=1S/C51H30N4O2/c1-2-12-32(13-3-1)49-52-50(54-51(53-49)55-42-20-7-4-14-37(42)38-15-5-8-21-43(38)55)33-26-24-31(25-27-33)35-17-11-23-46-47(35)41-30-34(28-29-45(41)56-46)36-18-10-19-40-39-16-6-9-22-44(39)57-48(36)40/h1-30H. The predicted octanol–water partition coefficient (Wildman–Crippen LogP) is 13.4. The lowest BCUT2D eigenvalue weighted by molar-refractivity contribution is 0.668. The van der Waals surface area contributed by atoms with Gasteiger partial charge in [-0.15, -0.1) is 0 Å². The molecule has 0 spiro atoms. The molecule has 0 atom stereocenters. The lowest BCUT2D eigenvalue weighted by Crippen LogP contribution is -2.06. The van der Waals surface area contributed by atoms with Gasteiger partial charge in [-0.1, -0.05) is 146 Å². The van der Waals surface area contributed by atoms with Gasteiger partial charge in [-0.2, -0.15) is 9.97 Å². The SMILES string of the molecule is c1ccc(-c2nc(-c3ccc(-c4cccc5oc6ccc(-c7cccc8c7oc7ccccc78)cc6c45)cc3)nc(-n3c4ccccc4c4ccccc43)n2)cc1. The molecule has 0 aliphatic rings. The molecule has 0 aliphatic heterocycles. The number of nitrogens with zero attached hydrogens (tertiary/aromatic N) is 4. The Balaban J connectivity index is 0.990. The second-order valence-electron chi connectivity index (χ2n) is 14.4. The zero-order valence-electron chi connectivity index (χ0n) is 30.4. The number of aromatic nitrogens is 4. The summed E-state index contributed by atoms with van der Waals surface area (Å²) in [5.74, 6) is 1.79. The molecule has 6 nitrogen and oxygen atoms in total. The molecule has 12 aromatic rings. The van der Waals surface area contributed by atoms with Crippen LogP contribution in [0.25, 0.3) is 117 Å². The van der Waals surface area contributed by atoms with Gasteiger partial charge < -0.3 is 8.83 Å². The second kappa shape index (κ2) is 12.3. The number of para-hydroxylation sites is 4. The van der Waals surface area contributed by atoms with Crippen LogP contribution in [0.5, 0.6) is 0 Å². The van der Waals surface area contributed by atoms with E-state index in [4.69, 9.17) is 23.8 Å². The Bertz CT molecular complexity index is 3470. The van der Waals surface area contributed by atoms with Gasteiger partial charge in [0.1, 0.15) is 22.3 Å². The largest absolute Gasteiger partial charge is 0.456 e.